The highest BCUT2D eigenvalue weighted by molar-refractivity contribution is 5.89. The second-order valence-corrected chi connectivity index (χ2v) is 3.96. The van der Waals surface area contributed by atoms with E-state index in [0.29, 0.717) is 0 Å². The van der Waals surface area contributed by atoms with Crippen LogP contribution in [0.25, 0.3) is 0 Å². The second kappa shape index (κ2) is 6.18. The van der Waals surface area contributed by atoms with Gasteiger partial charge in [0.05, 0.1) is 6.61 Å². The van der Waals surface area contributed by atoms with Crippen LogP contribution in [0.1, 0.15) is 13.3 Å². The van der Waals surface area contributed by atoms with Crippen LogP contribution in [0.2, 0.25) is 0 Å². The summed E-state index contributed by atoms with van der Waals surface area (Å²) in [4.78, 5) is 14.5. The van der Waals surface area contributed by atoms with Crippen molar-refractivity contribution in [2.45, 2.75) is 44.0 Å². The number of ketones is 1. The summed E-state index contributed by atoms with van der Waals surface area (Å²) in [6, 6.07) is -1.06. The van der Waals surface area contributed by atoms with Crippen LogP contribution >= 0.6 is 0 Å². The van der Waals surface area contributed by atoms with E-state index in [1.165, 1.54) is 13.1 Å². The molecule has 17 heavy (non-hydrogen) atoms. The van der Waals surface area contributed by atoms with Crippen LogP contribution in [-0.4, -0.2) is 69.7 Å². The highest BCUT2D eigenvalue weighted by atomic mass is 16.6. The summed E-state index contributed by atoms with van der Waals surface area (Å²) in [5.41, 5.74) is 0. The fraction of sp³-hybridized carbons (Fsp3) is 0.800. The smallest absolute Gasteiger partial charge is 0.180 e. The van der Waals surface area contributed by atoms with Gasteiger partial charge in [-0.15, -0.1) is 0 Å². The molecule has 5 atom stereocenters. The van der Waals surface area contributed by atoms with Gasteiger partial charge < -0.3 is 25.2 Å². The third-order valence-corrected chi connectivity index (χ3v) is 2.52. The monoisotopic (exact) mass is 247 g/mol. The van der Waals surface area contributed by atoms with Gasteiger partial charge in [-0.25, -0.2) is 0 Å². The molecule has 0 radical (unpaired) electrons. The number of hydrogen-bond donors (Lipinski definition) is 4. The number of carbonyl (C=O) groups excluding carboxylic acids is 1. The zero-order valence-electron chi connectivity index (χ0n) is 9.43. The number of carbonyl (C=O) groups is 1. The first-order chi connectivity index (χ1) is 7.97. The molecule has 1 heterocycles. The van der Waals surface area contributed by atoms with E-state index >= 15 is 0 Å². The maximum atomic E-state index is 10.7. The van der Waals surface area contributed by atoms with Gasteiger partial charge in [0.25, 0.3) is 0 Å². The lowest BCUT2D eigenvalue weighted by Gasteiger charge is -2.38. The van der Waals surface area contributed by atoms with Crippen molar-refractivity contribution >= 4 is 12.0 Å². The lowest BCUT2D eigenvalue weighted by Crippen LogP contribution is -2.57. The normalized spacial score (nSPS) is 38.5. The van der Waals surface area contributed by atoms with E-state index in [9.17, 15) is 20.1 Å². The topological polar surface area (TPSA) is 120 Å². The number of Topliss-reactive ketones (excluding diaryl/α,β-unsaturated/α-hetero) is 1. The fourth-order valence-corrected chi connectivity index (χ4v) is 1.55. The Labute approximate surface area is 98.4 Å². The molecule has 0 aromatic heterocycles. The van der Waals surface area contributed by atoms with Crippen molar-refractivity contribution in [3.8, 4) is 0 Å². The van der Waals surface area contributed by atoms with E-state index < -0.39 is 37.3 Å². The van der Waals surface area contributed by atoms with Crippen LogP contribution in [0.15, 0.2) is 4.99 Å². The van der Waals surface area contributed by atoms with Gasteiger partial charge in [0.1, 0.15) is 30.1 Å². The molecule has 0 aromatic rings. The number of nitrogens with zero attached hydrogens (tertiary/aromatic N) is 1. The highest BCUT2D eigenvalue weighted by Crippen LogP contribution is 2.21. The van der Waals surface area contributed by atoms with Crippen LogP contribution in [0.4, 0.5) is 0 Å². The molecule has 1 aliphatic heterocycles. The van der Waals surface area contributed by atoms with Crippen LogP contribution in [0.5, 0.6) is 0 Å². The Morgan fingerprint density at radius 1 is 1.35 bits per heavy atom. The van der Waals surface area contributed by atoms with E-state index in [2.05, 4.69) is 4.99 Å². The lowest BCUT2D eigenvalue weighted by molar-refractivity contribution is -0.248. The number of aliphatic hydroxyl groups excluding tert-OH is 4. The third kappa shape index (κ3) is 3.55. The molecular weight excluding hydrogens is 230 g/mol. The summed E-state index contributed by atoms with van der Waals surface area (Å²) in [6.45, 7) is 0.867. The summed E-state index contributed by atoms with van der Waals surface area (Å²) in [6.07, 6.45) is -3.81. The molecule has 0 saturated carbocycles. The summed E-state index contributed by atoms with van der Waals surface area (Å²) in [5, 5.41) is 37.6. The molecule has 0 aliphatic carbocycles. The van der Waals surface area contributed by atoms with E-state index in [0.717, 1.165) is 0 Å². The second-order valence-electron chi connectivity index (χ2n) is 3.96. The van der Waals surface area contributed by atoms with Gasteiger partial charge in [0.2, 0.25) is 0 Å². The number of rotatable bonds is 4. The van der Waals surface area contributed by atoms with Gasteiger partial charge in [-0.05, 0) is 6.92 Å². The zero-order chi connectivity index (χ0) is 13.0. The van der Waals surface area contributed by atoms with Gasteiger partial charge in [-0.2, -0.15) is 0 Å². The molecule has 1 rings (SSSR count). The SMILES string of the molecule is CC(=O)CC=N[C@H]1C(O)O[C@H](CO)[C@@H](O)[C@@H]1O. The van der Waals surface area contributed by atoms with Crippen molar-refractivity contribution in [3.05, 3.63) is 0 Å². The van der Waals surface area contributed by atoms with Crippen molar-refractivity contribution < 1.29 is 30.0 Å². The molecule has 4 N–H and O–H groups in total. The summed E-state index contributed by atoms with van der Waals surface area (Å²) in [5.74, 6) is -0.108. The Bertz CT molecular complexity index is 295. The standard InChI is InChI=1S/C10H17NO6/c1-5(13)2-3-11-7-9(15)8(14)6(4-12)17-10(7)16/h3,6-10,12,14-16H,2,4H2,1H3/t6-,7-,8-,9-,10?/m1/s1. The van der Waals surface area contributed by atoms with Crippen molar-refractivity contribution in [1.29, 1.82) is 0 Å². The summed E-state index contributed by atoms with van der Waals surface area (Å²) >= 11 is 0. The Balaban J connectivity index is 2.66. The predicted octanol–water partition coefficient (Wildman–Crippen LogP) is -2.16. The largest absolute Gasteiger partial charge is 0.394 e. The number of ether oxygens (including phenoxy) is 1. The molecule has 0 amide bonds. The highest BCUT2D eigenvalue weighted by Gasteiger charge is 2.43. The third-order valence-electron chi connectivity index (χ3n) is 2.52. The fourth-order valence-electron chi connectivity index (χ4n) is 1.55. The molecule has 1 saturated heterocycles. The van der Waals surface area contributed by atoms with Crippen molar-refractivity contribution in [2.75, 3.05) is 6.61 Å². The van der Waals surface area contributed by atoms with Gasteiger partial charge in [0.15, 0.2) is 6.29 Å². The first kappa shape index (κ1) is 14.2. The molecule has 1 fully saturated rings. The van der Waals surface area contributed by atoms with Crippen molar-refractivity contribution in [2.24, 2.45) is 4.99 Å². The molecule has 0 aromatic carbocycles. The van der Waals surface area contributed by atoms with Gasteiger partial charge in [-0.1, -0.05) is 0 Å². The van der Waals surface area contributed by atoms with Gasteiger partial charge in [-0.3, -0.25) is 9.79 Å². The van der Waals surface area contributed by atoms with Crippen LogP contribution < -0.4 is 0 Å². The average molecular weight is 247 g/mol. The van der Waals surface area contributed by atoms with E-state index in [1.54, 1.807) is 0 Å². The van der Waals surface area contributed by atoms with Crippen molar-refractivity contribution in [3.63, 3.8) is 0 Å². The minimum atomic E-state index is -1.42. The molecule has 0 spiro atoms. The van der Waals surface area contributed by atoms with Crippen LogP contribution in [0.3, 0.4) is 0 Å². The molecule has 1 aliphatic rings. The molecular formula is C10H17NO6. The molecule has 7 heteroatoms. The number of aliphatic hydroxyl groups is 4. The summed E-state index contributed by atoms with van der Waals surface area (Å²) in [7, 11) is 0. The number of aliphatic imine (C=N–C) groups is 1. The Kier molecular flexibility index (Phi) is 5.16. The van der Waals surface area contributed by atoms with Crippen molar-refractivity contribution in [1.82, 2.24) is 0 Å². The Hall–Kier alpha value is -0.860. The zero-order valence-corrected chi connectivity index (χ0v) is 9.43. The minimum absolute atomic E-state index is 0.0788. The first-order valence-electron chi connectivity index (χ1n) is 5.29. The van der Waals surface area contributed by atoms with Crippen LogP contribution in [-0.2, 0) is 9.53 Å². The van der Waals surface area contributed by atoms with E-state index in [4.69, 9.17) is 9.84 Å². The first-order valence-corrected chi connectivity index (χ1v) is 5.29. The maximum Gasteiger partial charge on any atom is 0.180 e. The lowest BCUT2D eigenvalue weighted by atomic mass is 9.97. The van der Waals surface area contributed by atoms with Gasteiger partial charge >= 0.3 is 0 Å². The predicted molar refractivity (Wildman–Crippen MR) is 57.6 cm³/mol. The maximum absolute atomic E-state index is 10.7. The molecule has 1 unspecified atom stereocenters. The molecule has 98 valence electrons. The molecule has 0 bridgehead atoms. The molecule has 7 nitrogen and oxygen atoms in total. The summed E-state index contributed by atoms with van der Waals surface area (Å²) < 4.78 is 4.89. The van der Waals surface area contributed by atoms with Gasteiger partial charge in [0, 0.05) is 12.6 Å². The Morgan fingerprint density at radius 3 is 2.53 bits per heavy atom. The van der Waals surface area contributed by atoms with E-state index in [1.807, 2.05) is 0 Å². The van der Waals surface area contributed by atoms with Crippen LogP contribution in [0, 0.1) is 0 Å². The quantitative estimate of drug-likeness (QED) is 0.420. The average Bonchev–Trinajstić information content (AvgIpc) is 2.27. The van der Waals surface area contributed by atoms with E-state index in [-0.39, 0.29) is 12.2 Å². The number of hydrogen-bond acceptors (Lipinski definition) is 7. The Morgan fingerprint density at radius 2 is 2.00 bits per heavy atom. The minimum Gasteiger partial charge on any atom is -0.394 e.